The van der Waals surface area contributed by atoms with Crippen LogP contribution < -0.4 is 5.32 Å². The topological polar surface area (TPSA) is 62.5 Å². The molecule has 0 saturated heterocycles. The molecule has 5 heteroatoms. The van der Waals surface area contributed by atoms with E-state index in [1.165, 1.54) is 12.1 Å². The van der Waals surface area contributed by atoms with Gasteiger partial charge in [0.25, 0.3) is 0 Å². The summed E-state index contributed by atoms with van der Waals surface area (Å²) in [4.78, 5) is 10.9. The summed E-state index contributed by atoms with van der Waals surface area (Å²) in [6.07, 6.45) is 0. The summed E-state index contributed by atoms with van der Waals surface area (Å²) in [6, 6.07) is 7.97. The van der Waals surface area contributed by atoms with Crippen LogP contribution in [0.3, 0.4) is 0 Å². The Balaban J connectivity index is 2.01. The van der Waals surface area contributed by atoms with Gasteiger partial charge in [0, 0.05) is 11.6 Å². The fourth-order valence-corrected chi connectivity index (χ4v) is 1.99. The quantitative estimate of drug-likeness (QED) is 0.880. The molecule has 0 aliphatic heterocycles. The van der Waals surface area contributed by atoms with Crippen molar-refractivity contribution in [1.82, 2.24) is 5.32 Å². The normalized spacial score (nSPS) is 12.3. The maximum absolute atomic E-state index is 13.1. The van der Waals surface area contributed by atoms with Gasteiger partial charge in [-0.3, -0.25) is 0 Å². The molecule has 1 aromatic heterocycles. The molecule has 0 aliphatic rings. The monoisotopic (exact) mass is 277 g/mol. The molecule has 20 heavy (non-hydrogen) atoms. The molecule has 2 N–H and O–H groups in total. The van der Waals surface area contributed by atoms with E-state index >= 15 is 0 Å². The molecule has 106 valence electrons. The summed E-state index contributed by atoms with van der Waals surface area (Å²) >= 11 is 0. The summed E-state index contributed by atoms with van der Waals surface area (Å²) in [6.45, 7) is 3.97. The summed E-state index contributed by atoms with van der Waals surface area (Å²) in [5.41, 5.74) is 1.42. The highest BCUT2D eigenvalue weighted by molar-refractivity contribution is 5.86. The Morgan fingerprint density at radius 3 is 2.80 bits per heavy atom. The first kappa shape index (κ1) is 14.3. The number of benzene rings is 1. The van der Waals surface area contributed by atoms with Gasteiger partial charge in [-0.2, -0.15) is 0 Å². The van der Waals surface area contributed by atoms with Crippen LogP contribution in [0.25, 0.3) is 0 Å². The number of aryl methyl sites for hydroxylation is 1. The van der Waals surface area contributed by atoms with Crippen molar-refractivity contribution in [3.63, 3.8) is 0 Å². The molecule has 0 amide bonds. The third-order valence-electron chi connectivity index (χ3n) is 3.09. The van der Waals surface area contributed by atoms with Crippen molar-refractivity contribution in [3.8, 4) is 0 Å². The van der Waals surface area contributed by atoms with Crippen LogP contribution in [-0.4, -0.2) is 11.1 Å². The van der Waals surface area contributed by atoms with Gasteiger partial charge < -0.3 is 14.8 Å². The highest BCUT2D eigenvalue weighted by Gasteiger charge is 2.14. The van der Waals surface area contributed by atoms with Gasteiger partial charge >= 0.3 is 5.97 Å². The average Bonchev–Trinajstić information content (AvgIpc) is 2.77. The fourth-order valence-electron chi connectivity index (χ4n) is 1.99. The molecular formula is C15H16FNO3. The summed E-state index contributed by atoms with van der Waals surface area (Å²) < 4.78 is 18.4. The Morgan fingerprint density at radius 2 is 2.20 bits per heavy atom. The van der Waals surface area contributed by atoms with Crippen LogP contribution in [-0.2, 0) is 6.54 Å². The molecule has 2 rings (SSSR count). The van der Waals surface area contributed by atoms with E-state index in [1.54, 1.807) is 19.1 Å². The van der Waals surface area contributed by atoms with Gasteiger partial charge in [0.05, 0.1) is 6.54 Å². The number of aromatic carboxylic acids is 1. The van der Waals surface area contributed by atoms with Gasteiger partial charge in [-0.05, 0) is 37.6 Å². The zero-order chi connectivity index (χ0) is 14.7. The minimum Gasteiger partial charge on any atom is -0.475 e. The van der Waals surface area contributed by atoms with E-state index < -0.39 is 5.97 Å². The highest BCUT2D eigenvalue weighted by atomic mass is 19.1. The predicted octanol–water partition coefficient (Wildman–Crippen LogP) is 3.28. The number of hydrogen-bond acceptors (Lipinski definition) is 3. The zero-order valence-electron chi connectivity index (χ0n) is 11.3. The largest absolute Gasteiger partial charge is 0.475 e. The number of carboxylic acid groups (broad SMARTS) is 1. The second-order valence-electron chi connectivity index (χ2n) is 4.69. The molecular weight excluding hydrogens is 261 g/mol. The molecule has 1 atom stereocenters. The van der Waals surface area contributed by atoms with Crippen molar-refractivity contribution in [2.75, 3.05) is 0 Å². The maximum Gasteiger partial charge on any atom is 0.372 e. The Bertz CT molecular complexity index is 621. The summed E-state index contributed by atoms with van der Waals surface area (Å²) in [7, 11) is 0. The van der Waals surface area contributed by atoms with E-state index in [-0.39, 0.29) is 17.6 Å². The third-order valence-corrected chi connectivity index (χ3v) is 3.09. The maximum atomic E-state index is 13.1. The van der Waals surface area contributed by atoms with Crippen LogP contribution in [0.1, 0.15) is 40.4 Å². The molecule has 1 aromatic carbocycles. The Morgan fingerprint density at radius 1 is 1.45 bits per heavy atom. The number of hydrogen-bond donors (Lipinski definition) is 2. The van der Waals surface area contributed by atoms with E-state index in [1.807, 2.05) is 13.0 Å². The third kappa shape index (κ3) is 3.24. The lowest BCUT2D eigenvalue weighted by Crippen LogP contribution is -2.17. The fraction of sp³-hybridized carbons (Fsp3) is 0.267. The van der Waals surface area contributed by atoms with Gasteiger partial charge in [-0.25, -0.2) is 9.18 Å². The Hall–Kier alpha value is -2.14. The molecule has 0 radical (unpaired) electrons. The van der Waals surface area contributed by atoms with Crippen molar-refractivity contribution in [2.24, 2.45) is 0 Å². The zero-order valence-corrected chi connectivity index (χ0v) is 11.3. The molecule has 1 unspecified atom stereocenters. The van der Waals surface area contributed by atoms with Crippen molar-refractivity contribution in [3.05, 3.63) is 58.8 Å². The number of carbonyl (C=O) groups is 1. The minimum atomic E-state index is -1.08. The predicted molar refractivity (Wildman–Crippen MR) is 72.1 cm³/mol. The van der Waals surface area contributed by atoms with Gasteiger partial charge in [0.15, 0.2) is 0 Å². The first-order valence-electron chi connectivity index (χ1n) is 6.29. The number of rotatable bonds is 5. The first-order valence-corrected chi connectivity index (χ1v) is 6.29. The highest BCUT2D eigenvalue weighted by Crippen LogP contribution is 2.17. The van der Waals surface area contributed by atoms with Gasteiger partial charge in [0.1, 0.15) is 11.6 Å². The van der Waals surface area contributed by atoms with Crippen LogP contribution >= 0.6 is 0 Å². The average molecular weight is 277 g/mol. The molecule has 1 heterocycles. The molecule has 0 spiro atoms. The molecule has 0 fully saturated rings. The van der Waals surface area contributed by atoms with Gasteiger partial charge in [-0.15, -0.1) is 0 Å². The second-order valence-corrected chi connectivity index (χ2v) is 4.69. The van der Waals surface area contributed by atoms with Crippen molar-refractivity contribution in [1.29, 1.82) is 0 Å². The number of carboxylic acids is 1. The van der Waals surface area contributed by atoms with Crippen LogP contribution in [0.5, 0.6) is 0 Å². The molecule has 0 saturated carbocycles. The van der Waals surface area contributed by atoms with Crippen LogP contribution in [0.2, 0.25) is 0 Å². The van der Waals surface area contributed by atoms with Crippen molar-refractivity contribution < 1.29 is 18.7 Å². The second kappa shape index (κ2) is 5.88. The summed E-state index contributed by atoms with van der Waals surface area (Å²) in [5, 5.41) is 12.1. The molecule has 2 aromatic rings. The standard InChI is InChI=1S/C15H16FNO3/c1-9-6-13(20-14(9)15(18)19)8-17-10(2)11-4-3-5-12(16)7-11/h3-7,10,17H,8H2,1-2H3,(H,18,19). The SMILES string of the molecule is Cc1cc(CNC(C)c2cccc(F)c2)oc1C(=O)O. The molecule has 0 aliphatic carbocycles. The minimum absolute atomic E-state index is 0.0415. The van der Waals surface area contributed by atoms with Gasteiger partial charge in [0.2, 0.25) is 5.76 Å². The Labute approximate surface area is 116 Å². The lowest BCUT2D eigenvalue weighted by atomic mass is 10.1. The summed E-state index contributed by atoms with van der Waals surface area (Å²) in [5.74, 6) is -0.853. The van der Waals surface area contributed by atoms with Crippen LogP contribution in [0, 0.1) is 12.7 Å². The molecule has 0 bridgehead atoms. The van der Waals surface area contributed by atoms with E-state index in [4.69, 9.17) is 9.52 Å². The number of halogens is 1. The first-order chi connectivity index (χ1) is 9.47. The van der Waals surface area contributed by atoms with E-state index in [2.05, 4.69) is 5.32 Å². The smallest absolute Gasteiger partial charge is 0.372 e. The van der Waals surface area contributed by atoms with Crippen molar-refractivity contribution >= 4 is 5.97 Å². The number of nitrogens with one attached hydrogen (secondary N) is 1. The lowest BCUT2D eigenvalue weighted by Gasteiger charge is -2.13. The van der Waals surface area contributed by atoms with E-state index in [0.717, 1.165) is 5.56 Å². The van der Waals surface area contributed by atoms with Crippen LogP contribution in [0.4, 0.5) is 4.39 Å². The number of furan rings is 1. The van der Waals surface area contributed by atoms with E-state index in [0.29, 0.717) is 17.9 Å². The Kier molecular flexibility index (Phi) is 4.20. The van der Waals surface area contributed by atoms with Crippen molar-refractivity contribution in [2.45, 2.75) is 26.4 Å². The van der Waals surface area contributed by atoms with E-state index in [9.17, 15) is 9.18 Å². The van der Waals surface area contributed by atoms with Crippen LogP contribution in [0.15, 0.2) is 34.7 Å². The van der Waals surface area contributed by atoms with Gasteiger partial charge in [-0.1, -0.05) is 12.1 Å². The molecule has 4 nitrogen and oxygen atoms in total. The lowest BCUT2D eigenvalue weighted by molar-refractivity contribution is 0.0659.